The molecule has 0 bridgehead atoms. The molecule has 0 atom stereocenters. The van der Waals surface area contributed by atoms with Crippen LogP contribution in [-0.4, -0.2) is 5.84 Å². The Balaban J connectivity index is 3.46. The first-order chi connectivity index (χ1) is 3.27. The van der Waals surface area contributed by atoms with E-state index in [0.29, 0.717) is 5.84 Å². The molecule has 0 spiro atoms. The van der Waals surface area contributed by atoms with Crippen molar-refractivity contribution in [3.8, 4) is 0 Å². The fraction of sp³-hybridized carbons (Fsp3) is 0.500. The minimum absolute atomic E-state index is 0.417. The third-order valence-corrected chi connectivity index (χ3v) is 0.429. The van der Waals surface area contributed by atoms with Gasteiger partial charge in [0.05, 0.1) is 0 Å². The summed E-state index contributed by atoms with van der Waals surface area (Å²) >= 11 is 1.72. The SMILES string of the molecule is C/C(N)=N/N=NI. The summed E-state index contributed by atoms with van der Waals surface area (Å²) < 4.78 is 3.30. The van der Waals surface area contributed by atoms with Crippen LogP contribution in [0.25, 0.3) is 0 Å². The van der Waals surface area contributed by atoms with Crippen LogP contribution in [-0.2, 0) is 0 Å². The maximum absolute atomic E-state index is 5.07. The second-order valence-corrected chi connectivity index (χ2v) is 1.34. The van der Waals surface area contributed by atoms with Crippen LogP contribution < -0.4 is 5.73 Å². The summed E-state index contributed by atoms with van der Waals surface area (Å²) in [7, 11) is 0. The van der Waals surface area contributed by atoms with E-state index in [1.54, 1.807) is 29.8 Å². The molecule has 5 heteroatoms. The highest BCUT2D eigenvalue weighted by Gasteiger charge is 1.69. The molecule has 40 valence electrons. The van der Waals surface area contributed by atoms with E-state index in [4.69, 9.17) is 5.73 Å². The lowest BCUT2D eigenvalue weighted by molar-refractivity contribution is 1.11. The summed E-state index contributed by atoms with van der Waals surface area (Å²) in [6, 6.07) is 0. The molecule has 0 unspecified atom stereocenters. The quantitative estimate of drug-likeness (QED) is 0.228. The van der Waals surface area contributed by atoms with Gasteiger partial charge < -0.3 is 5.73 Å². The first-order valence-electron chi connectivity index (χ1n) is 1.58. The molecule has 0 heterocycles. The molecule has 7 heavy (non-hydrogen) atoms. The van der Waals surface area contributed by atoms with Crippen LogP contribution in [0.3, 0.4) is 0 Å². The third kappa shape index (κ3) is 5.80. The highest BCUT2D eigenvalue weighted by molar-refractivity contribution is 14.1. The molecule has 0 saturated heterocycles. The molecule has 0 amide bonds. The van der Waals surface area contributed by atoms with Gasteiger partial charge in [-0.1, -0.05) is 3.33 Å². The monoisotopic (exact) mass is 212 g/mol. The molecule has 2 N–H and O–H groups in total. The van der Waals surface area contributed by atoms with Gasteiger partial charge in [-0.25, -0.2) is 0 Å². The van der Waals surface area contributed by atoms with Crippen LogP contribution in [0.4, 0.5) is 0 Å². The number of rotatable bonds is 1. The molecular weight excluding hydrogens is 207 g/mol. The number of hydrogen-bond acceptors (Lipinski definition) is 2. The molecule has 0 rings (SSSR count). The summed E-state index contributed by atoms with van der Waals surface area (Å²) in [4.78, 5) is 0. The van der Waals surface area contributed by atoms with Crippen LogP contribution in [0.1, 0.15) is 6.92 Å². The van der Waals surface area contributed by atoms with E-state index in [2.05, 4.69) is 13.7 Å². The van der Waals surface area contributed by atoms with Gasteiger partial charge >= 0.3 is 0 Å². The zero-order valence-electron chi connectivity index (χ0n) is 3.80. The summed E-state index contributed by atoms with van der Waals surface area (Å²) in [5.74, 6) is 0.417. The number of amidine groups is 1. The standard InChI is InChI=1S/C2H5IN4/c1-2(4)5-7-6-3/h1H3,(H2,4,5,6). The van der Waals surface area contributed by atoms with E-state index >= 15 is 0 Å². The largest absolute Gasteiger partial charge is 0.386 e. The van der Waals surface area contributed by atoms with Gasteiger partial charge in [-0.3, -0.25) is 0 Å². The Labute approximate surface area is 55.4 Å². The molecular formula is C2H5IN4. The first kappa shape index (κ1) is 6.80. The zero-order chi connectivity index (χ0) is 5.70. The van der Waals surface area contributed by atoms with Gasteiger partial charge in [0, 0.05) is 0 Å². The topological polar surface area (TPSA) is 63.1 Å². The lowest BCUT2D eigenvalue weighted by Gasteiger charge is -1.76. The lowest BCUT2D eigenvalue weighted by Crippen LogP contribution is -2.03. The fourth-order valence-corrected chi connectivity index (χ4v) is 0.184. The molecule has 0 aromatic carbocycles. The fourth-order valence-electron chi connectivity index (χ4n) is 0.0874. The molecule has 0 aliphatic carbocycles. The number of nitrogens with zero attached hydrogens (tertiary/aromatic N) is 3. The van der Waals surface area contributed by atoms with Gasteiger partial charge in [0.2, 0.25) is 0 Å². The van der Waals surface area contributed by atoms with Gasteiger partial charge in [0.25, 0.3) is 0 Å². The van der Waals surface area contributed by atoms with E-state index in [1.165, 1.54) is 0 Å². The predicted molar refractivity (Wildman–Crippen MR) is 36.2 cm³/mol. The Kier molecular flexibility index (Phi) is 3.86. The number of halogens is 1. The van der Waals surface area contributed by atoms with Crippen molar-refractivity contribution in [1.82, 2.24) is 0 Å². The van der Waals surface area contributed by atoms with Crippen LogP contribution >= 0.6 is 22.9 Å². The summed E-state index contributed by atoms with van der Waals surface area (Å²) in [5.41, 5.74) is 5.07. The highest BCUT2D eigenvalue weighted by Crippen LogP contribution is 1.84. The zero-order valence-corrected chi connectivity index (χ0v) is 5.95. The van der Waals surface area contributed by atoms with Crippen molar-refractivity contribution in [3.05, 3.63) is 0 Å². The molecule has 0 radical (unpaired) electrons. The minimum atomic E-state index is 0.417. The second kappa shape index (κ2) is 3.97. The Morgan fingerprint density at radius 1 is 1.71 bits per heavy atom. The first-order valence-corrected chi connectivity index (χ1v) is 2.55. The molecule has 0 saturated carbocycles. The molecule has 0 aliphatic rings. The Bertz CT molecular complexity index is 91.9. The van der Waals surface area contributed by atoms with Crippen molar-refractivity contribution < 1.29 is 0 Å². The highest BCUT2D eigenvalue weighted by atomic mass is 127. The smallest absolute Gasteiger partial charge is 0.121 e. The van der Waals surface area contributed by atoms with Gasteiger partial charge in [-0.05, 0) is 12.1 Å². The maximum Gasteiger partial charge on any atom is 0.121 e. The predicted octanol–water partition coefficient (Wildman–Crippen LogP) is 1.08. The maximum atomic E-state index is 5.07. The van der Waals surface area contributed by atoms with Crippen molar-refractivity contribution in [2.45, 2.75) is 6.92 Å². The molecule has 0 fully saturated rings. The van der Waals surface area contributed by atoms with Crippen LogP contribution in [0.5, 0.6) is 0 Å². The van der Waals surface area contributed by atoms with Crippen molar-refractivity contribution >= 4 is 28.7 Å². The molecule has 4 nitrogen and oxygen atoms in total. The Morgan fingerprint density at radius 3 is 2.43 bits per heavy atom. The van der Waals surface area contributed by atoms with E-state index in [1.807, 2.05) is 0 Å². The van der Waals surface area contributed by atoms with Gasteiger partial charge in [0.1, 0.15) is 28.7 Å². The van der Waals surface area contributed by atoms with Gasteiger partial charge in [0.15, 0.2) is 0 Å². The lowest BCUT2D eigenvalue weighted by atomic mass is 10.7. The van der Waals surface area contributed by atoms with E-state index in [-0.39, 0.29) is 0 Å². The van der Waals surface area contributed by atoms with Crippen LogP contribution in [0.15, 0.2) is 13.7 Å². The molecule has 0 aromatic rings. The van der Waals surface area contributed by atoms with Gasteiger partial charge in [-0.2, -0.15) is 0 Å². The summed E-state index contributed by atoms with van der Waals surface area (Å²) in [6.07, 6.45) is 0. The van der Waals surface area contributed by atoms with Crippen molar-refractivity contribution in [1.29, 1.82) is 0 Å². The van der Waals surface area contributed by atoms with E-state index in [0.717, 1.165) is 0 Å². The average Bonchev–Trinajstić information content (AvgIpc) is 1.61. The number of hydrogen-bond donors (Lipinski definition) is 1. The second-order valence-electron chi connectivity index (χ2n) is 0.906. The Morgan fingerprint density at radius 2 is 2.29 bits per heavy atom. The summed E-state index contributed by atoms with van der Waals surface area (Å²) in [5, 5.41) is 6.63. The normalized spacial score (nSPS) is 13.1. The number of nitrogens with two attached hydrogens (primary N) is 1. The van der Waals surface area contributed by atoms with Gasteiger partial charge in [-0.15, -0.1) is 5.10 Å². The van der Waals surface area contributed by atoms with E-state index in [9.17, 15) is 0 Å². The Hall–Kier alpha value is -0.200. The van der Waals surface area contributed by atoms with Crippen LogP contribution in [0, 0.1) is 0 Å². The third-order valence-electron chi connectivity index (χ3n) is 0.236. The average molecular weight is 212 g/mol. The summed E-state index contributed by atoms with van der Waals surface area (Å²) in [6.45, 7) is 1.64. The van der Waals surface area contributed by atoms with Crippen LogP contribution in [0.2, 0.25) is 0 Å². The van der Waals surface area contributed by atoms with Crippen molar-refractivity contribution in [3.63, 3.8) is 0 Å². The van der Waals surface area contributed by atoms with E-state index < -0.39 is 0 Å². The molecule has 0 aliphatic heterocycles. The van der Waals surface area contributed by atoms with Crippen molar-refractivity contribution in [2.24, 2.45) is 19.4 Å². The molecule has 0 aromatic heterocycles. The minimum Gasteiger partial charge on any atom is -0.386 e. The van der Waals surface area contributed by atoms with Crippen molar-refractivity contribution in [2.75, 3.05) is 0 Å².